The number of nitrogens with zero attached hydrogens (tertiary/aromatic N) is 2. The van der Waals surface area contributed by atoms with Gasteiger partial charge in [-0.15, -0.1) is 24.0 Å². The Morgan fingerprint density at radius 3 is 2.56 bits per heavy atom. The number of H-pyrrole nitrogens is 1. The van der Waals surface area contributed by atoms with Crippen molar-refractivity contribution in [3.05, 3.63) is 52.5 Å². The van der Waals surface area contributed by atoms with Crippen LogP contribution in [0.25, 0.3) is 10.9 Å². The maximum Gasteiger partial charge on any atom is 0.190 e. The molecule has 2 heterocycles. The molecule has 6 nitrogen and oxygen atoms in total. The van der Waals surface area contributed by atoms with Crippen LogP contribution in [0.5, 0.6) is 0 Å². The predicted octanol–water partition coefficient (Wildman–Crippen LogP) is 3.65. The number of aliphatic imine (C=N–C) groups is 1. The largest absolute Gasteiger partial charge is 0.361 e. The molecule has 7 heteroatoms. The second-order valence-electron chi connectivity index (χ2n) is 6.59. The van der Waals surface area contributed by atoms with Crippen LogP contribution in [0.3, 0.4) is 0 Å². The van der Waals surface area contributed by atoms with Crippen molar-refractivity contribution in [1.29, 1.82) is 0 Å². The Bertz CT molecular complexity index is 893. The Morgan fingerprint density at radius 2 is 1.89 bits per heavy atom. The average Bonchev–Trinajstić information content (AvgIpc) is 3.17. The van der Waals surface area contributed by atoms with E-state index in [9.17, 15) is 0 Å². The molecule has 0 unspecified atom stereocenters. The molecule has 146 valence electrons. The molecule has 0 bridgehead atoms. The van der Waals surface area contributed by atoms with Gasteiger partial charge >= 0.3 is 0 Å². The summed E-state index contributed by atoms with van der Waals surface area (Å²) in [4.78, 5) is 7.65. The molecule has 0 aliphatic rings. The van der Waals surface area contributed by atoms with E-state index < -0.39 is 0 Å². The average molecular weight is 481 g/mol. The molecule has 0 saturated carbocycles. The summed E-state index contributed by atoms with van der Waals surface area (Å²) >= 11 is 0. The highest BCUT2D eigenvalue weighted by molar-refractivity contribution is 14.0. The number of rotatable bonds is 6. The van der Waals surface area contributed by atoms with E-state index in [0.29, 0.717) is 0 Å². The summed E-state index contributed by atoms with van der Waals surface area (Å²) in [5.41, 5.74) is 5.91. The number of aromatic amines is 1. The van der Waals surface area contributed by atoms with Gasteiger partial charge in [-0.3, -0.25) is 4.99 Å². The highest BCUT2D eigenvalue weighted by atomic mass is 127. The first-order valence-electron chi connectivity index (χ1n) is 9.01. The molecule has 3 rings (SSSR count). The van der Waals surface area contributed by atoms with Crippen molar-refractivity contribution in [2.24, 2.45) is 4.99 Å². The number of hydrogen-bond donors (Lipinski definition) is 3. The number of hydrogen-bond acceptors (Lipinski definition) is 3. The number of benzene rings is 1. The van der Waals surface area contributed by atoms with Crippen LogP contribution in [0.1, 0.15) is 28.1 Å². The van der Waals surface area contributed by atoms with Gasteiger partial charge in [-0.25, -0.2) is 0 Å². The Hall–Kier alpha value is -2.03. The van der Waals surface area contributed by atoms with Crippen LogP contribution in [0.4, 0.5) is 0 Å². The normalized spacial score (nSPS) is 11.5. The van der Waals surface area contributed by atoms with Crippen LogP contribution in [-0.2, 0) is 12.8 Å². The van der Waals surface area contributed by atoms with Gasteiger partial charge in [0.05, 0.1) is 5.69 Å². The molecule has 0 fully saturated rings. The maximum absolute atomic E-state index is 5.20. The van der Waals surface area contributed by atoms with Crippen molar-refractivity contribution in [3.8, 4) is 0 Å². The molecule has 0 spiro atoms. The fraction of sp³-hybridized carbons (Fsp3) is 0.400. The van der Waals surface area contributed by atoms with Crippen LogP contribution in [0, 0.1) is 20.8 Å². The van der Waals surface area contributed by atoms with E-state index in [1.165, 1.54) is 27.6 Å². The second-order valence-corrected chi connectivity index (χ2v) is 6.59. The van der Waals surface area contributed by atoms with Crippen molar-refractivity contribution >= 4 is 40.8 Å². The van der Waals surface area contributed by atoms with E-state index in [2.05, 4.69) is 57.1 Å². The molecule has 2 aromatic heterocycles. The second kappa shape index (κ2) is 9.77. The standard InChI is InChI=1S/C20H27N5O.HI/c1-13-5-6-18-16(12-24-19(18)11-13)7-9-22-20(21-4)23-10-8-17-14(2)25-26-15(17)3;/h5-6,11-12,24H,7-10H2,1-4H3,(H2,21,22,23);1H. The molecule has 1 aromatic carbocycles. The summed E-state index contributed by atoms with van der Waals surface area (Å²) in [7, 11) is 1.79. The van der Waals surface area contributed by atoms with Gasteiger partial charge in [-0.2, -0.15) is 0 Å². The summed E-state index contributed by atoms with van der Waals surface area (Å²) in [6, 6.07) is 6.52. The third-order valence-electron chi connectivity index (χ3n) is 4.68. The van der Waals surface area contributed by atoms with Crippen LogP contribution in [-0.4, -0.2) is 36.2 Å². The number of aromatic nitrogens is 2. The lowest BCUT2D eigenvalue weighted by atomic mass is 10.1. The van der Waals surface area contributed by atoms with E-state index in [-0.39, 0.29) is 24.0 Å². The molecule has 27 heavy (non-hydrogen) atoms. The zero-order chi connectivity index (χ0) is 18.5. The molecular weight excluding hydrogens is 453 g/mol. The minimum atomic E-state index is 0. The van der Waals surface area contributed by atoms with Gasteiger partial charge in [0.25, 0.3) is 0 Å². The topological polar surface area (TPSA) is 78.2 Å². The molecule has 0 atom stereocenters. The monoisotopic (exact) mass is 481 g/mol. The third-order valence-corrected chi connectivity index (χ3v) is 4.68. The smallest absolute Gasteiger partial charge is 0.190 e. The lowest BCUT2D eigenvalue weighted by Gasteiger charge is -2.11. The van der Waals surface area contributed by atoms with E-state index in [1.807, 2.05) is 13.8 Å². The van der Waals surface area contributed by atoms with Gasteiger partial charge in [0.1, 0.15) is 5.76 Å². The lowest BCUT2D eigenvalue weighted by Crippen LogP contribution is -2.39. The van der Waals surface area contributed by atoms with Crippen molar-refractivity contribution in [3.63, 3.8) is 0 Å². The van der Waals surface area contributed by atoms with Gasteiger partial charge < -0.3 is 20.1 Å². The molecule has 0 aliphatic carbocycles. The summed E-state index contributed by atoms with van der Waals surface area (Å²) in [6.07, 6.45) is 3.90. The number of guanidine groups is 1. The highest BCUT2D eigenvalue weighted by Crippen LogP contribution is 2.19. The minimum absolute atomic E-state index is 0. The predicted molar refractivity (Wildman–Crippen MR) is 121 cm³/mol. The zero-order valence-electron chi connectivity index (χ0n) is 16.3. The molecule has 0 radical (unpaired) electrons. The summed E-state index contributed by atoms with van der Waals surface area (Å²) in [5.74, 6) is 1.70. The van der Waals surface area contributed by atoms with Gasteiger partial charge in [0, 0.05) is 42.8 Å². The van der Waals surface area contributed by atoms with Crippen molar-refractivity contribution in [2.75, 3.05) is 20.1 Å². The van der Waals surface area contributed by atoms with Gasteiger partial charge in [-0.05, 0) is 50.8 Å². The summed E-state index contributed by atoms with van der Waals surface area (Å²) < 4.78 is 5.20. The Balaban J connectivity index is 0.00000261. The number of nitrogens with one attached hydrogen (secondary N) is 3. The van der Waals surface area contributed by atoms with E-state index in [0.717, 1.165) is 43.3 Å². The number of halogens is 1. The van der Waals surface area contributed by atoms with E-state index in [1.54, 1.807) is 7.05 Å². The SMILES string of the molecule is CN=C(NCCc1c(C)noc1C)NCCc1c[nH]c2cc(C)ccc12.I. The Labute approximate surface area is 177 Å². The fourth-order valence-corrected chi connectivity index (χ4v) is 3.21. The first kappa shape index (κ1) is 21.3. The Kier molecular flexibility index (Phi) is 7.70. The first-order chi connectivity index (χ1) is 12.6. The van der Waals surface area contributed by atoms with Crippen molar-refractivity contribution in [2.45, 2.75) is 33.6 Å². The zero-order valence-corrected chi connectivity index (χ0v) is 18.7. The van der Waals surface area contributed by atoms with Crippen molar-refractivity contribution < 1.29 is 4.52 Å². The molecule has 3 aromatic rings. The highest BCUT2D eigenvalue weighted by Gasteiger charge is 2.09. The summed E-state index contributed by atoms with van der Waals surface area (Å²) in [5, 5.41) is 12.0. The van der Waals surface area contributed by atoms with Crippen LogP contribution >= 0.6 is 24.0 Å². The molecule has 0 aliphatic heterocycles. The lowest BCUT2D eigenvalue weighted by molar-refractivity contribution is 0.392. The third kappa shape index (κ3) is 5.24. The quantitative estimate of drug-likeness (QED) is 0.286. The van der Waals surface area contributed by atoms with Gasteiger partial charge in [0.15, 0.2) is 5.96 Å². The maximum atomic E-state index is 5.20. The van der Waals surface area contributed by atoms with Gasteiger partial charge in [0.2, 0.25) is 0 Å². The first-order valence-corrected chi connectivity index (χ1v) is 9.01. The van der Waals surface area contributed by atoms with Crippen LogP contribution in [0.2, 0.25) is 0 Å². The fourth-order valence-electron chi connectivity index (χ4n) is 3.21. The van der Waals surface area contributed by atoms with Gasteiger partial charge in [-0.1, -0.05) is 17.3 Å². The minimum Gasteiger partial charge on any atom is -0.361 e. The summed E-state index contributed by atoms with van der Waals surface area (Å²) in [6.45, 7) is 7.65. The van der Waals surface area contributed by atoms with Crippen molar-refractivity contribution in [1.82, 2.24) is 20.8 Å². The number of fused-ring (bicyclic) bond motifs is 1. The molecule has 0 saturated heterocycles. The Morgan fingerprint density at radius 1 is 1.15 bits per heavy atom. The van der Waals surface area contributed by atoms with E-state index >= 15 is 0 Å². The van der Waals surface area contributed by atoms with Crippen LogP contribution in [0.15, 0.2) is 33.9 Å². The molecular formula is C20H28IN5O. The number of aryl methyl sites for hydroxylation is 3. The van der Waals surface area contributed by atoms with E-state index in [4.69, 9.17) is 4.52 Å². The molecule has 0 amide bonds. The molecule has 3 N–H and O–H groups in total. The van der Waals surface area contributed by atoms with Crippen LogP contribution < -0.4 is 10.6 Å².